The highest BCUT2D eigenvalue weighted by Gasteiger charge is 2.22. The fourth-order valence-electron chi connectivity index (χ4n) is 2.17. The smallest absolute Gasteiger partial charge is 0.348 e. The van der Waals surface area contributed by atoms with Gasteiger partial charge in [0.25, 0.3) is 5.69 Å². The van der Waals surface area contributed by atoms with Gasteiger partial charge in [0.15, 0.2) is 0 Å². The van der Waals surface area contributed by atoms with Crippen molar-refractivity contribution < 1.29 is 14.8 Å². The monoisotopic (exact) mass is 306 g/mol. The van der Waals surface area contributed by atoms with Gasteiger partial charge in [-0.1, -0.05) is 19.1 Å². The molecule has 0 saturated carbocycles. The summed E-state index contributed by atoms with van der Waals surface area (Å²) in [5, 5.41) is 20.2. The molecule has 0 saturated heterocycles. The minimum absolute atomic E-state index is 0.0124. The van der Waals surface area contributed by atoms with Crippen molar-refractivity contribution in [3.05, 3.63) is 44.3 Å². The Labute approximate surface area is 125 Å². The Kier molecular flexibility index (Phi) is 3.95. The number of aryl methyl sites for hydroxylation is 1. The van der Waals surface area contributed by atoms with Crippen LogP contribution >= 0.6 is 11.3 Å². The molecule has 6 nitrogen and oxygen atoms in total. The zero-order valence-electron chi connectivity index (χ0n) is 11.5. The van der Waals surface area contributed by atoms with Crippen molar-refractivity contribution in [3.8, 4) is 10.4 Å². The molecule has 7 heteroatoms. The molecule has 3 N–H and O–H groups in total. The van der Waals surface area contributed by atoms with Gasteiger partial charge in [0.1, 0.15) is 4.88 Å². The molecule has 0 fully saturated rings. The van der Waals surface area contributed by atoms with Crippen molar-refractivity contribution in [1.29, 1.82) is 0 Å². The summed E-state index contributed by atoms with van der Waals surface area (Å²) in [5.41, 5.74) is 8.03. The Bertz CT molecular complexity index is 737. The van der Waals surface area contributed by atoms with Crippen LogP contribution in [0.2, 0.25) is 0 Å². The van der Waals surface area contributed by atoms with Gasteiger partial charge >= 0.3 is 5.97 Å². The minimum atomic E-state index is -1.08. The lowest BCUT2D eigenvalue weighted by atomic mass is 10.0. The van der Waals surface area contributed by atoms with Gasteiger partial charge in [-0.25, -0.2) is 4.79 Å². The van der Waals surface area contributed by atoms with E-state index in [4.69, 9.17) is 10.8 Å². The number of anilines is 1. The number of rotatable bonds is 4. The predicted molar refractivity (Wildman–Crippen MR) is 81.9 cm³/mol. The third-order valence-electron chi connectivity index (χ3n) is 3.26. The van der Waals surface area contributed by atoms with E-state index < -0.39 is 10.9 Å². The largest absolute Gasteiger partial charge is 0.477 e. The maximum absolute atomic E-state index is 11.2. The third kappa shape index (κ3) is 2.59. The predicted octanol–water partition coefficient (Wildman–Crippen LogP) is 3.47. The average Bonchev–Trinajstić information content (AvgIpc) is 2.76. The fourth-order valence-corrected chi connectivity index (χ4v) is 3.32. The summed E-state index contributed by atoms with van der Waals surface area (Å²) in [7, 11) is 0. The summed E-state index contributed by atoms with van der Waals surface area (Å²) in [6.45, 7) is 3.53. The van der Waals surface area contributed by atoms with Crippen LogP contribution in [0.1, 0.15) is 27.7 Å². The average molecular weight is 306 g/mol. The highest BCUT2D eigenvalue weighted by Crippen LogP contribution is 2.40. The van der Waals surface area contributed by atoms with Crippen LogP contribution in [-0.4, -0.2) is 16.0 Å². The normalized spacial score (nSPS) is 10.6. The number of nitrogens with two attached hydrogens (primary N) is 1. The van der Waals surface area contributed by atoms with E-state index in [-0.39, 0.29) is 16.3 Å². The first-order chi connectivity index (χ1) is 9.86. The number of nitrogen functional groups attached to an aromatic ring is 1. The Morgan fingerprint density at radius 1 is 1.48 bits per heavy atom. The molecule has 2 aromatic rings. The second kappa shape index (κ2) is 5.53. The van der Waals surface area contributed by atoms with Crippen LogP contribution < -0.4 is 5.73 Å². The molecule has 1 aromatic carbocycles. The Balaban J connectivity index is 2.67. The molecule has 0 radical (unpaired) electrons. The van der Waals surface area contributed by atoms with Gasteiger partial charge < -0.3 is 10.8 Å². The van der Waals surface area contributed by atoms with Crippen molar-refractivity contribution in [3.63, 3.8) is 0 Å². The standard InChI is InChI=1S/C14H14N2O4S/c1-3-9-11(15)13(14(17)18)21-12(9)8-5-4-7(2)10(6-8)16(19)20/h4-6H,3,15H2,1-2H3,(H,17,18). The third-order valence-corrected chi connectivity index (χ3v) is 4.55. The number of nitro groups is 1. The number of benzene rings is 1. The molecule has 110 valence electrons. The molecular weight excluding hydrogens is 292 g/mol. The van der Waals surface area contributed by atoms with Gasteiger partial charge in [0.05, 0.1) is 10.6 Å². The molecule has 21 heavy (non-hydrogen) atoms. The van der Waals surface area contributed by atoms with Crippen LogP contribution in [0.15, 0.2) is 18.2 Å². The molecule has 0 unspecified atom stereocenters. The molecule has 0 bridgehead atoms. The molecule has 0 amide bonds. The fraction of sp³-hybridized carbons (Fsp3) is 0.214. The molecule has 1 heterocycles. The molecule has 0 spiro atoms. The zero-order valence-corrected chi connectivity index (χ0v) is 12.4. The lowest BCUT2D eigenvalue weighted by Gasteiger charge is -2.04. The van der Waals surface area contributed by atoms with Gasteiger partial charge in [-0.15, -0.1) is 11.3 Å². The van der Waals surface area contributed by atoms with Crippen LogP contribution in [0.5, 0.6) is 0 Å². The van der Waals surface area contributed by atoms with E-state index in [9.17, 15) is 14.9 Å². The molecular formula is C14H14N2O4S. The van der Waals surface area contributed by atoms with Gasteiger partial charge in [-0.3, -0.25) is 10.1 Å². The maximum Gasteiger partial charge on any atom is 0.348 e. The zero-order chi connectivity index (χ0) is 15.7. The van der Waals surface area contributed by atoms with Crippen LogP contribution in [0.25, 0.3) is 10.4 Å². The van der Waals surface area contributed by atoms with Gasteiger partial charge in [-0.2, -0.15) is 0 Å². The molecule has 0 atom stereocenters. The second-order valence-corrected chi connectivity index (χ2v) is 5.59. The van der Waals surface area contributed by atoms with Crippen LogP contribution in [0.4, 0.5) is 11.4 Å². The van der Waals surface area contributed by atoms with Crippen molar-refractivity contribution in [1.82, 2.24) is 0 Å². The SMILES string of the molecule is CCc1c(-c2ccc(C)c([N+](=O)[O-])c2)sc(C(=O)O)c1N. The maximum atomic E-state index is 11.2. The number of nitrogens with zero attached hydrogens (tertiary/aromatic N) is 1. The number of hydrogen-bond donors (Lipinski definition) is 2. The Hall–Kier alpha value is -2.41. The van der Waals surface area contributed by atoms with E-state index in [1.807, 2.05) is 6.92 Å². The number of carboxylic acids is 1. The topological polar surface area (TPSA) is 106 Å². The lowest BCUT2D eigenvalue weighted by Crippen LogP contribution is -1.99. The Morgan fingerprint density at radius 3 is 2.67 bits per heavy atom. The van der Waals surface area contributed by atoms with E-state index in [1.165, 1.54) is 6.07 Å². The van der Waals surface area contributed by atoms with E-state index in [1.54, 1.807) is 19.1 Å². The van der Waals surface area contributed by atoms with Crippen LogP contribution in [0, 0.1) is 17.0 Å². The number of carbonyl (C=O) groups is 1. The summed E-state index contributed by atoms with van der Waals surface area (Å²) in [6.07, 6.45) is 0.562. The second-order valence-electron chi connectivity index (χ2n) is 4.57. The number of carboxylic acid groups (broad SMARTS) is 1. The van der Waals surface area contributed by atoms with Crippen LogP contribution in [0.3, 0.4) is 0 Å². The molecule has 0 aliphatic carbocycles. The van der Waals surface area contributed by atoms with Crippen molar-refractivity contribution in [2.24, 2.45) is 0 Å². The van der Waals surface area contributed by atoms with Crippen molar-refractivity contribution >= 4 is 28.7 Å². The Morgan fingerprint density at radius 2 is 2.14 bits per heavy atom. The summed E-state index contributed by atoms with van der Waals surface area (Å²) in [5.74, 6) is -1.08. The van der Waals surface area contributed by atoms with Crippen LogP contribution in [-0.2, 0) is 6.42 Å². The summed E-state index contributed by atoms with van der Waals surface area (Å²) >= 11 is 1.05. The van der Waals surface area contributed by atoms with E-state index in [2.05, 4.69) is 0 Å². The van der Waals surface area contributed by atoms with Crippen molar-refractivity contribution in [2.75, 3.05) is 5.73 Å². The number of aromatic carboxylic acids is 1. The number of nitro benzene ring substituents is 1. The molecule has 0 aliphatic rings. The van der Waals surface area contributed by atoms with Gasteiger partial charge in [0, 0.05) is 16.5 Å². The number of hydrogen-bond acceptors (Lipinski definition) is 5. The van der Waals surface area contributed by atoms with E-state index in [0.29, 0.717) is 22.4 Å². The first-order valence-electron chi connectivity index (χ1n) is 6.26. The molecule has 2 rings (SSSR count). The quantitative estimate of drug-likeness (QED) is 0.664. The van der Waals surface area contributed by atoms with E-state index >= 15 is 0 Å². The first kappa shape index (κ1) is 15.0. The highest BCUT2D eigenvalue weighted by atomic mass is 32.1. The highest BCUT2D eigenvalue weighted by molar-refractivity contribution is 7.18. The minimum Gasteiger partial charge on any atom is -0.477 e. The van der Waals surface area contributed by atoms with Crippen molar-refractivity contribution in [2.45, 2.75) is 20.3 Å². The molecule has 0 aliphatic heterocycles. The first-order valence-corrected chi connectivity index (χ1v) is 7.08. The van der Waals surface area contributed by atoms with E-state index in [0.717, 1.165) is 16.9 Å². The summed E-state index contributed by atoms with van der Waals surface area (Å²) in [6, 6.07) is 4.87. The van der Waals surface area contributed by atoms with Gasteiger partial charge in [0.2, 0.25) is 0 Å². The van der Waals surface area contributed by atoms with Gasteiger partial charge in [-0.05, 0) is 24.5 Å². The summed E-state index contributed by atoms with van der Waals surface area (Å²) in [4.78, 5) is 22.5. The number of thiophene rings is 1. The lowest BCUT2D eigenvalue weighted by molar-refractivity contribution is -0.385. The molecule has 1 aromatic heterocycles. The summed E-state index contributed by atoms with van der Waals surface area (Å²) < 4.78 is 0.